The molecule has 1 aromatic rings. The van der Waals surface area contributed by atoms with E-state index in [0.29, 0.717) is 25.6 Å². The van der Waals surface area contributed by atoms with E-state index in [0.717, 1.165) is 12.0 Å². The summed E-state index contributed by atoms with van der Waals surface area (Å²) in [5.74, 6) is -0.696. The number of likely N-dealkylation sites (tertiary alicyclic amines) is 1. The molecule has 2 amide bonds. The molecule has 0 aromatic heterocycles. The number of rotatable bonds is 6. The molecule has 1 heterocycles. The molecular weight excluding hydrogens is 284 g/mol. The van der Waals surface area contributed by atoms with Gasteiger partial charge in [-0.15, -0.1) is 0 Å². The molecular formula is C16H22N2O4. The third-order valence-corrected chi connectivity index (χ3v) is 3.85. The van der Waals surface area contributed by atoms with Crippen molar-refractivity contribution in [1.29, 1.82) is 0 Å². The van der Waals surface area contributed by atoms with Crippen molar-refractivity contribution in [1.82, 2.24) is 10.2 Å². The Kier molecular flexibility index (Phi) is 5.77. The first-order valence-corrected chi connectivity index (χ1v) is 7.41. The zero-order valence-corrected chi connectivity index (χ0v) is 12.7. The van der Waals surface area contributed by atoms with Gasteiger partial charge < -0.3 is 20.1 Å². The van der Waals surface area contributed by atoms with E-state index in [1.54, 1.807) is 12.0 Å². The van der Waals surface area contributed by atoms with Gasteiger partial charge in [0, 0.05) is 32.5 Å². The van der Waals surface area contributed by atoms with Crippen LogP contribution in [0.3, 0.4) is 0 Å². The van der Waals surface area contributed by atoms with E-state index in [1.807, 2.05) is 30.3 Å². The molecule has 1 aromatic carbocycles. The predicted molar refractivity (Wildman–Crippen MR) is 81.7 cm³/mol. The van der Waals surface area contributed by atoms with Crippen molar-refractivity contribution < 1.29 is 19.4 Å². The third-order valence-electron chi connectivity index (χ3n) is 3.85. The van der Waals surface area contributed by atoms with Gasteiger partial charge in [-0.3, -0.25) is 0 Å². The van der Waals surface area contributed by atoms with Gasteiger partial charge in [0.25, 0.3) is 0 Å². The van der Waals surface area contributed by atoms with Crippen LogP contribution < -0.4 is 5.32 Å². The predicted octanol–water partition coefficient (Wildman–Crippen LogP) is 1.36. The van der Waals surface area contributed by atoms with Crippen molar-refractivity contribution >= 4 is 12.0 Å². The molecule has 1 unspecified atom stereocenters. The summed E-state index contributed by atoms with van der Waals surface area (Å²) < 4.78 is 5.10. The summed E-state index contributed by atoms with van der Waals surface area (Å²) in [6, 6.07) is 8.05. The Morgan fingerprint density at radius 2 is 2.14 bits per heavy atom. The molecule has 1 aliphatic rings. The van der Waals surface area contributed by atoms with E-state index in [4.69, 9.17) is 4.74 Å². The summed E-state index contributed by atoms with van der Waals surface area (Å²) in [5, 5.41) is 11.9. The van der Waals surface area contributed by atoms with Crippen LogP contribution in [0, 0.1) is 5.92 Å². The van der Waals surface area contributed by atoms with Crippen LogP contribution in [0.15, 0.2) is 30.3 Å². The molecule has 22 heavy (non-hydrogen) atoms. The number of nitrogens with zero attached hydrogens (tertiary/aromatic N) is 1. The highest BCUT2D eigenvalue weighted by molar-refractivity contribution is 5.83. The lowest BCUT2D eigenvalue weighted by Crippen LogP contribution is -2.48. The average molecular weight is 306 g/mol. The molecule has 6 nitrogen and oxygen atoms in total. The summed E-state index contributed by atoms with van der Waals surface area (Å²) in [4.78, 5) is 25.2. The molecule has 6 heteroatoms. The second-order valence-corrected chi connectivity index (χ2v) is 5.59. The van der Waals surface area contributed by atoms with Gasteiger partial charge in [-0.1, -0.05) is 30.3 Å². The lowest BCUT2D eigenvalue weighted by Gasteiger charge is -2.21. The number of nitrogens with one attached hydrogen (secondary N) is 1. The van der Waals surface area contributed by atoms with Gasteiger partial charge in [0.2, 0.25) is 0 Å². The Morgan fingerprint density at radius 1 is 1.41 bits per heavy atom. The normalized spacial score (nSPS) is 19.0. The summed E-state index contributed by atoms with van der Waals surface area (Å²) in [6.45, 7) is 1.87. The van der Waals surface area contributed by atoms with Crippen LogP contribution in [0.2, 0.25) is 0 Å². The number of hydrogen-bond donors (Lipinski definition) is 2. The van der Waals surface area contributed by atoms with Crippen LogP contribution >= 0.6 is 0 Å². The van der Waals surface area contributed by atoms with Gasteiger partial charge in [0.1, 0.15) is 6.04 Å². The molecule has 2 rings (SSSR count). The summed E-state index contributed by atoms with van der Waals surface area (Å²) in [7, 11) is 1.64. The maximum Gasteiger partial charge on any atom is 0.326 e. The highest BCUT2D eigenvalue weighted by atomic mass is 16.5. The number of carboxylic acids is 1. The lowest BCUT2D eigenvalue weighted by molar-refractivity contribution is -0.139. The quantitative estimate of drug-likeness (QED) is 0.832. The molecule has 1 aliphatic heterocycles. The largest absolute Gasteiger partial charge is 0.480 e. The Morgan fingerprint density at radius 3 is 2.77 bits per heavy atom. The van der Waals surface area contributed by atoms with Gasteiger partial charge in [0.05, 0.1) is 6.61 Å². The number of urea groups is 1. The minimum absolute atomic E-state index is 0.275. The Hall–Kier alpha value is -2.08. The zero-order valence-electron chi connectivity index (χ0n) is 12.7. The second-order valence-electron chi connectivity index (χ2n) is 5.59. The van der Waals surface area contributed by atoms with Crippen molar-refractivity contribution in [2.75, 3.05) is 26.8 Å². The van der Waals surface area contributed by atoms with Crippen molar-refractivity contribution in [3.05, 3.63) is 35.9 Å². The zero-order chi connectivity index (χ0) is 15.9. The number of carbonyl (C=O) groups excluding carboxylic acids is 1. The van der Waals surface area contributed by atoms with E-state index < -0.39 is 12.0 Å². The topological polar surface area (TPSA) is 78.9 Å². The second kappa shape index (κ2) is 7.79. The van der Waals surface area contributed by atoms with Gasteiger partial charge >= 0.3 is 12.0 Å². The molecule has 0 bridgehead atoms. The average Bonchev–Trinajstić information content (AvgIpc) is 2.96. The molecule has 0 spiro atoms. The van der Waals surface area contributed by atoms with Crippen LogP contribution in [0.1, 0.15) is 12.0 Å². The van der Waals surface area contributed by atoms with Crippen LogP contribution in [0.25, 0.3) is 0 Å². The number of methoxy groups -OCH3 is 1. The molecule has 0 radical (unpaired) electrons. The Balaban J connectivity index is 1.91. The van der Waals surface area contributed by atoms with E-state index in [2.05, 4.69) is 5.32 Å². The third kappa shape index (κ3) is 4.46. The molecule has 0 aliphatic carbocycles. The van der Waals surface area contributed by atoms with E-state index in [9.17, 15) is 14.7 Å². The summed E-state index contributed by atoms with van der Waals surface area (Å²) in [6.07, 6.45) is 1.16. The maximum atomic E-state index is 12.2. The highest BCUT2D eigenvalue weighted by Crippen LogP contribution is 2.16. The highest BCUT2D eigenvalue weighted by Gasteiger charge is 2.29. The molecule has 120 valence electrons. The van der Waals surface area contributed by atoms with Crippen molar-refractivity contribution in [2.24, 2.45) is 5.92 Å². The monoisotopic (exact) mass is 306 g/mol. The molecule has 1 fully saturated rings. The minimum Gasteiger partial charge on any atom is -0.480 e. The standard InChI is InChI=1S/C16H22N2O4/c1-22-11-13-7-8-18(10-13)16(21)17-14(15(19)20)9-12-5-3-2-4-6-12/h2-6,13-14H,7-11H2,1H3,(H,17,21)(H,19,20)/t13?,14-/m1/s1. The molecule has 2 atom stereocenters. The van der Waals surface area contributed by atoms with E-state index in [1.165, 1.54) is 0 Å². The number of aliphatic carboxylic acids is 1. The van der Waals surface area contributed by atoms with Gasteiger partial charge in [-0.25, -0.2) is 9.59 Å². The number of hydrogen-bond acceptors (Lipinski definition) is 3. The fourth-order valence-electron chi connectivity index (χ4n) is 2.68. The summed E-state index contributed by atoms with van der Waals surface area (Å²) in [5.41, 5.74) is 0.883. The van der Waals surface area contributed by atoms with Crippen molar-refractivity contribution in [3.63, 3.8) is 0 Å². The number of carbonyl (C=O) groups is 2. The van der Waals surface area contributed by atoms with Gasteiger partial charge in [-0.05, 0) is 12.0 Å². The van der Waals surface area contributed by atoms with Gasteiger partial charge in [0.15, 0.2) is 0 Å². The van der Waals surface area contributed by atoms with Crippen molar-refractivity contribution in [2.45, 2.75) is 18.9 Å². The van der Waals surface area contributed by atoms with Gasteiger partial charge in [-0.2, -0.15) is 0 Å². The van der Waals surface area contributed by atoms with Crippen LogP contribution in [-0.4, -0.2) is 54.9 Å². The first-order valence-electron chi connectivity index (χ1n) is 7.41. The first kappa shape index (κ1) is 16.3. The van der Waals surface area contributed by atoms with Crippen LogP contribution in [0.5, 0.6) is 0 Å². The van der Waals surface area contributed by atoms with Crippen LogP contribution in [-0.2, 0) is 16.0 Å². The number of ether oxygens (including phenoxy) is 1. The number of carboxylic acid groups (broad SMARTS) is 1. The first-order chi connectivity index (χ1) is 10.6. The van der Waals surface area contributed by atoms with Crippen LogP contribution in [0.4, 0.5) is 4.79 Å². The number of amides is 2. The van der Waals surface area contributed by atoms with E-state index in [-0.39, 0.29) is 12.5 Å². The smallest absolute Gasteiger partial charge is 0.326 e. The van der Waals surface area contributed by atoms with E-state index >= 15 is 0 Å². The summed E-state index contributed by atoms with van der Waals surface area (Å²) >= 11 is 0. The fraction of sp³-hybridized carbons (Fsp3) is 0.500. The Labute approximate surface area is 130 Å². The van der Waals surface area contributed by atoms with Crippen molar-refractivity contribution in [3.8, 4) is 0 Å². The molecule has 1 saturated heterocycles. The number of benzene rings is 1. The molecule has 2 N–H and O–H groups in total. The lowest BCUT2D eigenvalue weighted by atomic mass is 10.1. The molecule has 0 saturated carbocycles. The Bertz CT molecular complexity index is 506. The maximum absolute atomic E-state index is 12.2. The fourth-order valence-corrected chi connectivity index (χ4v) is 2.68. The minimum atomic E-state index is -1.02. The SMILES string of the molecule is COCC1CCN(C(=O)N[C@H](Cc2ccccc2)C(=O)O)C1.